The number of rotatable bonds is 6. The van der Waals surface area contributed by atoms with Gasteiger partial charge in [-0.1, -0.05) is 29.8 Å². The number of carbonyl (C=O) groups is 1. The molecule has 0 fully saturated rings. The topological polar surface area (TPSA) is 41.1 Å². The van der Waals surface area contributed by atoms with E-state index in [1.807, 2.05) is 26.0 Å². The Labute approximate surface area is 130 Å². The van der Waals surface area contributed by atoms with Gasteiger partial charge >= 0.3 is 0 Å². The molecule has 2 aromatic carbocycles. The van der Waals surface area contributed by atoms with Crippen molar-refractivity contribution in [2.75, 3.05) is 18.4 Å². The molecule has 2 aromatic rings. The quantitative estimate of drug-likeness (QED) is 0.860. The average Bonchev–Trinajstić information content (AvgIpc) is 2.48. The summed E-state index contributed by atoms with van der Waals surface area (Å²) in [5.41, 5.74) is 4.30. The van der Waals surface area contributed by atoms with Crippen molar-refractivity contribution in [1.82, 2.24) is 5.32 Å². The highest BCUT2D eigenvalue weighted by Crippen LogP contribution is 2.15. The SMILES string of the molecule is Cc1ccc(NCC(=O)NCCc2ccc(F)cc2)c(C)c1. The molecule has 0 atom stereocenters. The lowest BCUT2D eigenvalue weighted by molar-refractivity contribution is -0.119. The van der Waals surface area contributed by atoms with E-state index in [4.69, 9.17) is 0 Å². The summed E-state index contributed by atoms with van der Waals surface area (Å²) in [6, 6.07) is 12.4. The molecule has 0 aromatic heterocycles. The van der Waals surface area contributed by atoms with Crippen molar-refractivity contribution in [2.45, 2.75) is 20.3 Å². The van der Waals surface area contributed by atoms with E-state index in [1.54, 1.807) is 12.1 Å². The summed E-state index contributed by atoms with van der Waals surface area (Å²) in [7, 11) is 0. The van der Waals surface area contributed by atoms with Crippen LogP contribution >= 0.6 is 0 Å². The van der Waals surface area contributed by atoms with Crippen molar-refractivity contribution >= 4 is 11.6 Å². The Balaban J connectivity index is 1.72. The smallest absolute Gasteiger partial charge is 0.239 e. The van der Waals surface area contributed by atoms with Crippen LogP contribution in [0.3, 0.4) is 0 Å². The number of halogens is 1. The van der Waals surface area contributed by atoms with Gasteiger partial charge in [0.25, 0.3) is 0 Å². The predicted molar refractivity (Wildman–Crippen MR) is 87.5 cm³/mol. The summed E-state index contributed by atoms with van der Waals surface area (Å²) >= 11 is 0. The number of benzene rings is 2. The molecule has 0 unspecified atom stereocenters. The molecule has 0 aliphatic carbocycles. The molecule has 0 saturated carbocycles. The molecule has 0 spiro atoms. The highest BCUT2D eigenvalue weighted by Gasteiger charge is 2.03. The summed E-state index contributed by atoms with van der Waals surface area (Å²) < 4.78 is 12.8. The van der Waals surface area contributed by atoms with Crippen molar-refractivity contribution in [3.63, 3.8) is 0 Å². The van der Waals surface area contributed by atoms with Gasteiger partial charge in [-0.2, -0.15) is 0 Å². The lowest BCUT2D eigenvalue weighted by atomic mass is 10.1. The molecule has 4 heteroatoms. The lowest BCUT2D eigenvalue weighted by Crippen LogP contribution is -2.31. The minimum absolute atomic E-state index is 0.0536. The van der Waals surface area contributed by atoms with Crippen molar-refractivity contribution in [2.24, 2.45) is 0 Å². The van der Waals surface area contributed by atoms with Crippen LogP contribution in [0.1, 0.15) is 16.7 Å². The molecule has 2 rings (SSSR count). The first-order chi connectivity index (χ1) is 10.5. The molecule has 1 amide bonds. The van der Waals surface area contributed by atoms with Crippen LogP contribution in [0.2, 0.25) is 0 Å². The van der Waals surface area contributed by atoms with Crippen molar-refractivity contribution in [3.8, 4) is 0 Å². The first-order valence-corrected chi connectivity index (χ1v) is 7.37. The standard InChI is InChI=1S/C18H21FN2O/c1-13-3-8-17(14(2)11-13)21-12-18(22)20-10-9-15-4-6-16(19)7-5-15/h3-8,11,21H,9-10,12H2,1-2H3,(H,20,22). The van der Waals surface area contributed by atoms with Crippen LogP contribution in [-0.2, 0) is 11.2 Å². The van der Waals surface area contributed by atoms with Crippen LogP contribution in [0.4, 0.5) is 10.1 Å². The monoisotopic (exact) mass is 300 g/mol. The van der Waals surface area contributed by atoms with Gasteiger partial charge in [0.15, 0.2) is 0 Å². The van der Waals surface area contributed by atoms with Gasteiger partial charge in [0.2, 0.25) is 5.91 Å². The van der Waals surface area contributed by atoms with Gasteiger partial charge in [-0.05, 0) is 49.6 Å². The molecule has 0 heterocycles. The molecule has 0 aliphatic heterocycles. The van der Waals surface area contributed by atoms with Gasteiger partial charge in [-0.3, -0.25) is 4.79 Å². The Hall–Kier alpha value is -2.36. The van der Waals surface area contributed by atoms with Gasteiger partial charge in [-0.25, -0.2) is 4.39 Å². The van der Waals surface area contributed by atoms with Crippen LogP contribution in [0.5, 0.6) is 0 Å². The number of anilines is 1. The van der Waals surface area contributed by atoms with E-state index in [2.05, 4.69) is 16.7 Å². The summed E-state index contributed by atoms with van der Waals surface area (Å²) in [5, 5.41) is 5.99. The van der Waals surface area contributed by atoms with Gasteiger partial charge in [0, 0.05) is 12.2 Å². The number of hydrogen-bond donors (Lipinski definition) is 2. The number of aryl methyl sites for hydroxylation is 2. The second kappa shape index (κ2) is 7.59. The Morgan fingerprint density at radius 2 is 1.82 bits per heavy atom. The zero-order valence-corrected chi connectivity index (χ0v) is 12.9. The average molecular weight is 300 g/mol. The minimum Gasteiger partial charge on any atom is -0.376 e. The maximum atomic E-state index is 12.8. The van der Waals surface area contributed by atoms with Crippen LogP contribution in [0, 0.1) is 19.7 Å². The molecular formula is C18H21FN2O. The first kappa shape index (κ1) is 16.0. The predicted octanol–water partition coefficient (Wildman–Crippen LogP) is 3.21. The Kier molecular flexibility index (Phi) is 5.53. The number of hydrogen-bond acceptors (Lipinski definition) is 2. The molecule has 116 valence electrons. The van der Waals surface area contributed by atoms with E-state index in [0.29, 0.717) is 13.0 Å². The van der Waals surface area contributed by atoms with Crippen LogP contribution in [-0.4, -0.2) is 19.0 Å². The highest BCUT2D eigenvalue weighted by atomic mass is 19.1. The highest BCUT2D eigenvalue weighted by molar-refractivity contribution is 5.80. The molecular weight excluding hydrogens is 279 g/mol. The molecule has 0 saturated heterocycles. The summed E-state index contributed by atoms with van der Waals surface area (Å²) in [6.07, 6.45) is 0.690. The Morgan fingerprint density at radius 1 is 1.09 bits per heavy atom. The zero-order valence-electron chi connectivity index (χ0n) is 12.9. The van der Waals surface area contributed by atoms with E-state index >= 15 is 0 Å². The normalized spacial score (nSPS) is 10.3. The first-order valence-electron chi connectivity index (χ1n) is 7.37. The van der Waals surface area contributed by atoms with Gasteiger partial charge < -0.3 is 10.6 Å². The third kappa shape index (κ3) is 4.88. The van der Waals surface area contributed by atoms with Crippen molar-refractivity contribution in [3.05, 3.63) is 65.0 Å². The van der Waals surface area contributed by atoms with E-state index in [1.165, 1.54) is 17.7 Å². The Bertz CT molecular complexity index is 638. The van der Waals surface area contributed by atoms with Gasteiger partial charge in [0.1, 0.15) is 5.82 Å². The second-order valence-electron chi connectivity index (χ2n) is 5.40. The zero-order chi connectivity index (χ0) is 15.9. The second-order valence-corrected chi connectivity index (χ2v) is 5.40. The maximum absolute atomic E-state index is 12.8. The number of amides is 1. The molecule has 3 nitrogen and oxygen atoms in total. The largest absolute Gasteiger partial charge is 0.376 e. The maximum Gasteiger partial charge on any atom is 0.239 e. The molecule has 22 heavy (non-hydrogen) atoms. The van der Waals surface area contributed by atoms with E-state index in [9.17, 15) is 9.18 Å². The van der Waals surface area contributed by atoms with Crippen molar-refractivity contribution in [1.29, 1.82) is 0 Å². The molecule has 0 aliphatic rings. The fourth-order valence-corrected chi connectivity index (χ4v) is 2.25. The van der Waals surface area contributed by atoms with Crippen LogP contribution < -0.4 is 10.6 Å². The summed E-state index contributed by atoms with van der Waals surface area (Å²) in [5.74, 6) is -0.299. The van der Waals surface area contributed by atoms with E-state index in [-0.39, 0.29) is 18.3 Å². The summed E-state index contributed by atoms with van der Waals surface area (Å²) in [6.45, 7) is 4.84. The van der Waals surface area contributed by atoms with Gasteiger partial charge in [-0.15, -0.1) is 0 Å². The van der Waals surface area contributed by atoms with E-state index < -0.39 is 0 Å². The van der Waals surface area contributed by atoms with Crippen LogP contribution in [0.15, 0.2) is 42.5 Å². The van der Waals surface area contributed by atoms with Crippen LogP contribution in [0.25, 0.3) is 0 Å². The third-order valence-corrected chi connectivity index (χ3v) is 3.47. The number of nitrogens with one attached hydrogen (secondary N) is 2. The van der Waals surface area contributed by atoms with Gasteiger partial charge in [0.05, 0.1) is 6.54 Å². The third-order valence-electron chi connectivity index (χ3n) is 3.47. The molecule has 2 N–H and O–H groups in total. The lowest BCUT2D eigenvalue weighted by Gasteiger charge is -2.10. The Morgan fingerprint density at radius 3 is 2.50 bits per heavy atom. The molecule has 0 bridgehead atoms. The van der Waals surface area contributed by atoms with E-state index in [0.717, 1.165) is 16.8 Å². The number of carbonyl (C=O) groups excluding carboxylic acids is 1. The minimum atomic E-state index is -0.245. The molecule has 0 radical (unpaired) electrons. The summed E-state index contributed by atoms with van der Waals surface area (Å²) in [4.78, 5) is 11.8. The van der Waals surface area contributed by atoms with Crippen molar-refractivity contribution < 1.29 is 9.18 Å². The fourth-order valence-electron chi connectivity index (χ4n) is 2.25. The fraction of sp³-hybridized carbons (Fsp3) is 0.278.